The van der Waals surface area contributed by atoms with Crippen LogP contribution in [0.2, 0.25) is 5.02 Å². The maximum Gasteiger partial charge on any atom is 0.270 e. The fraction of sp³-hybridized carbons (Fsp3) is 0.278. The van der Waals surface area contributed by atoms with Gasteiger partial charge in [0.1, 0.15) is 0 Å². The molecule has 0 aliphatic carbocycles. The van der Waals surface area contributed by atoms with Crippen LogP contribution in [0.25, 0.3) is 0 Å². The lowest BCUT2D eigenvalue weighted by atomic mass is 9.99. The topological polar surface area (TPSA) is 68.0 Å². The lowest BCUT2D eigenvalue weighted by Crippen LogP contribution is -2.47. The van der Waals surface area contributed by atoms with Gasteiger partial charge in [0.25, 0.3) is 5.69 Å². The number of fused-ring (bicyclic) bond motifs is 3. The van der Waals surface area contributed by atoms with Crippen LogP contribution in [0.5, 0.6) is 0 Å². The number of rotatable bonds is 2. The number of benzene rings is 2. The van der Waals surface area contributed by atoms with Crippen LogP contribution in [0, 0.1) is 10.1 Å². The third-order valence-corrected chi connectivity index (χ3v) is 4.90. The number of nitro groups is 1. The van der Waals surface area contributed by atoms with Gasteiger partial charge in [-0.15, -0.1) is 0 Å². The van der Waals surface area contributed by atoms with Gasteiger partial charge in [-0.25, -0.2) is 0 Å². The Kier molecular flexibility index (Phi) is 4.15. The zero-order valence-electron chi connectivity index (χ0n) is 13.4. The average molecular weight is 358 g/mol. The number of non-ortho nitro benzene ring substituents is 1. The first-order valence-corrected chi connectivity index (χ1v) is 8.45. The SMILES string of the molecule is O=[N+]([O-])c1ccc2c(c1)C(c1ccccc1Cl)=NCC1COCCN21. The van der Waals surface area contributed by atoms with Crippen molar-refractivity contribution in [2.45, 2.75) is 6.04 Å². The molecule has 2 heterocycles. The third kappa shape index (κ3) is 2.88. The van der Waals surface area contributed by atoms with Gasteiger partial charge in [0.2, 0.25) is 0 Å². The van der Waals surface area contributed by atoms with Crippen LogP contribution in [-0.2, 0) is 4.74 Å². The first kappa shape index (κ1) is 16.1. The minimum atomic E-state index is -0.383. The molecule has 0 aromatic heterocycles. The molecule has 0 amide bonds. The van der Waals surface area contributed by atoms with Crippen LogP contribution in [0.15, 0.2) is 47.5 Å². The van der Waals surface area contributed by atoms with Crippen LogP contribution in [0.4, 0.5) is 11.4 Å². The summed E-state index contributed by atoms with van der Waals surface area (Å²) in [6.45, 7) is 2.52. The van der Waals surface area contributed by atoms with E-state index in [4.69, 9.17) is 21.3 Å². The second-order valence-electron chi connectivity index (χ2n) is 6.05. The van der Waals surface area contributed by atoms with E-state index >= 15 is 0 Å². The summed E-state index contributed by atoms with van der Waals surface area (Å²) in [6, 6.07) is 12.5. The molecule has 0 spiro atoms. The van der Waals surface area contributed by atoms with Crippen molar-refractivity contribution >= 4 is 28.7 Å². The number of nitro benzene ring substituents is 1. The molecule has 2 aliphatic heterocycles. The minimum Gasteiger partial charge on any atom is -0.377 e. The van der Waals surface area contributed by atoms with E-state index in [9.17, 15) is 10.1 Å². The number of halogens is 1. The number of nitrogens with zero attached hydrogens (tertiary/aromatic N) is 3. The molecule has 2 aromatic carbocycles. The number of hydrogen-bond acceptors (Lipinski definition) is 5. The van der Waals surface area contributed by atoms with Crippen molar-refractivity contribution in [1.29, 1.82) is 0 Å². The highest BCUT2D eigenvalue weighted by Gasteiger charge is 2.30. The van der Waals surface area contributed by atoms with E-state index in [-0.39, 0.29) is 16.7 Å². The Morgan fingerprint density at radius 2 is 2.08 bits per heavy atom. The Bertz CT molecular complexity index is 868. The number of aliphatic imine (C=N–C) groups is 1. The molecule has 6 nitrogen and oxygen atoms in total. The van der Waals surface area contributed by atoms with Crippen LogP contribution >= 0.6 is 11.6 Å². The number of hydrogen-bond donors (Lipinski definition) is 0. The Morgan fingerprint density at radius 1 is 1.24 bits per heavy atom. The fourth-order valence-electron chi connectivity index (χ4n) is 3.37. The maximum atomic E-state index is 11.3. The first-order chi connectivity index (χ1) is 12.1. The van der Waals surface area contributed by atoms with Crippen LogP contribution in [0.1, 0.15) is 11.1 Å². The molecule has 1 unspecified atom stereocenters. The third-order valence-electron chi connectivity index (χ3n) is 4.57. The Balaban J connectivity index is 1.92. The van der Waals surface area contributed by atoms with Gasteiger partial charge < -0.3 is 9.64 Å². The summed E-state index contributed by atoms with van der Waals surface area (Å²) in [5, 5.41) is 11.9. The van der Waals surface area contributed by atoms with Crippen LogP contribution in [0.3, 0.4) is 0 Å². The van der Waals surface area contributed by atoms with E-state index in [0.717, 1.165) is 23.4 Å². The van der Waals surface area contributed by atoms with Crippen LogP contribution in [-0.4, -0.2) is 43.0 Å². The van der Waals surface area contributed by atoms with Crippen molar-refractivity contribution < 1.29 is 9.66 Å². The molecule has 1 atom stereocenters. The molecular formula is C18H16ClN3O3. The van der Waals surface area contributed by atoms with Gasteiger partial charge >= 0.3 is 0 Å². The highest BCUT2D eigenvalue weighted by molar-refractivity contribution is 6.36. The van der Waals surface area contributed by atoms with Gasteiger partial charge in [0.15, 0.2) is 0 Å². The van der Waals surface area contributed by atoms with Crippen molar-refractivity contribution in [3.8, 4) is 0 Å². The largest absolute Gasteiger partial charge is 0.377 e. The van der Waals surface area contributed by atoms with E-state index in [2.05, 4.69) is 4.90 Å². The van der Waals surface area contributed by atoms with Crippen LogP contribution < -0.4 is 4.90 Å². The Morgan fingerprint density at radius 3 is 2.88 bits per heavy atom. The molecule has 25 heavy (non-hydrogen) atoms. The normalized spacial score (nSPS) is 19.5. The molecule has 1 saturated heterocycles. The van der Waals surface area contributed by atoms with Gasteiger partial charge in [-0.2, -0.15) is 0 Å². The molecule has 0 N–H and O–H groups in total. The number of morpholine rings is 1. The summed E-state index contributed by atoms with van der Waals surface area (Å²) in [5.74, 6) is 0. The summed E-state index contributed by atoms with van der Waals surface area (Å²) in [6.07, 6.45) is 0. The monoisotopic (exact) mass is 357 g/mol. The molecule has 7 heteroatoms. The highest BCUT2D eigenvalue weighted by Crippen LogP contribution is 2.34. The van der Waals surface area contributed by atoms with Gasteiger partial charge in [-0.1, -0.05) is 29.8 Å². The van der Waals surface area contributed by atoms with Crippen molar-refractivity contribution in [1.82, 2.24) is 0 Å². The van der Waals surface area contributed by atoms with Crippen molar-refractivity contribution in [3.05, 3.63) is 68.7 Å². The second-order valence-corrected chi connectivity index (χ2v) is 6.46. The lowest BCUT2D eigenvalue weighted by molar-refractivity contribution is -0.384. The van der Waals surface area contributed by atoms with Gasteiger partial charge in [-0.3, -0.25) is 15.1 Å². The van der Waals surface area contributed by atoms with Crippen molar-refractivity contribution in [2.75, 3.05) is 31.2 Å². The standard InChI is InChI=1S/C18H16ClN3O3/c19-16-4-2-1-3-14(16)18-15-9-12(22(23)24)5-6-17(15)21-7-8-25-11-13(21)10-20-18/h1-6,9,13H,7-8,10-11H2. The zero-order valence-corrected chi connectivity index (χ0v) is 14.1. The Labute approximate surface area is 149 Å². The first-order valence-electron chi connectivity index (χ1n) is 8.07. The molecule has 1 fully saturated rings. The summed E-state index contributed by atoms with van der Waals surface area (Å²) in [4.78, 5) is 17.9. The molecule has 128 valence electrons. The molecular weight excluding hydrogens is 342 g/mol. The van der Waals surface area contributed by atoms with E-state index in [1.165, 1.54) is 0 Å². The van der Waals surface area contributed by atoms with E-state index < -0.39 is 0 Å². The van der Waals surface area contributed by atoms with E-state index in [1.54, 1.807) is 18.2 Å². The predicted molar refractivity (Wildman–Crippen MR) is 97.0 cm³/mol. The smallest absolute Gasteiger partial charge is 0.270 e. The van der Waals surface area contributed by atoms with E-state index in [0.29, 0.717) is 30.5 Å². The fourth-order valence-corrected chi connectivity index (χ4v) is 3.59. The lowest BCUT2D eigenvalue weighted by Gasteiger charge is -2.36. The quantitative estimate of drug-likeness (QED) is 0.611. The molecule has 2 aromatic rings. The Hall–Kier alpha value is -2.44. The molecule has 0 saturated carbocycles. The average Bonchev–Trinajstić information content (AvgIpc) is 2.79. The zero-order chi connectivity index (χ0) is 17.4. The number of ether oxygens (including phenoxy) is 1. The number of anilines is 1. The summed E-state index contributed by atoms with van der Waals surface area (Å²) >= 11 is 6.38. The van der Waals surface area contributed by atoms with Gasteiger partial charge in [-0.05, 0) is 12.1 Å². The molecule has 2 aliphatic rings. The summed E-state index contributed by atoms with van der Waals surface area (Å²) in [5.41, 5.74) is 3.21. The summed E-state index contributed by atoms with van der Waals surface area (Å²) in [7, 11) is 0. The van der Waals surface area contributed by atoms with Gasteiger partial charge in [0, 0.05) is 40.5 Å². The van der Waals surface area contributed by atoms with Crippen molar-refractivity contribution in [3.63, 3.8) is 0 Å². The molecule has 0 bridgehead atoms. The predicted octanol–water partition coefficient (Wildman–Crippen LogP) is 3.30. The summed E-state index contributed by atoms with van der Waals surface area (Å²) < 4.78 is 5.59. The van der Waals surface area contributed by atoms with E-state index in [1.807, 2.05) is 24.3 Å². The molecule has 0 radical (unpaired) electrons. The molecule has 4 rings (SSSR count). The highest BCUT2D eigenvalue weighted by atomic mass is 35.5. The maximum absolute atomic E-state index is 11.3. The van der Waals surface area contributed by atoms with Crippen molar-refractivity contribution in [2.24, 2.45) is 4.99 Å². The minimum absolute atomic E-state index is 0.0465. The second kappa shape index (κ2) is 6.46. The van der Waals surface area contributed by atoms with Gasteiger partial charge in [0.05, 0.1) is 36.4 Å².